The van der Waals surface area contributed by atoms with Gasteiger partial charge in [0.2, 0.25) is 0 Å². The first-order valence-corrected chi connectivity index (χ1v) is 6.55. The van der Waals surface area contributed by atoms with Crippen LogP contribution in [0.25, 0.3) is 0 Å². The number of rotatable bonds is 4. The van der Waals surface area contributed by atoms with Crippen molar-refractivity contribution < 1.29 is 9.84 Å². The van der Waals surface area contributed by atoms with Gasteiger partial charge in [0.25, 0.3) is 0 Å². The van der Waals surface area contributed by atoms with Crippen LogP contribution in [0.4, 0.5) is 0 Å². The molecule has 0 saturated carbocycles. The fraction of sp³-hybridized carbons (Fsp3) is 0.231. The molecule has 0 bridgehead atoms. The molecule has 0 aliphatic heterocycles. The zero-order chi connectivity index (χ0) is 12.3. The van der Waals surface area contributed by atoms with Crippen molar-refractivity contribution in [1.82, 2.24) is 0 Å². The van der Waals surface area contributed by atoms with Crippen LogP contribution in [0.15, 0.2) is 35.0 Å². The van der Waals surface area contributed by atoms with Crippen LogP contribution in [0.3, 0.4) is 0 Å². The molecule has 4 heteroatoms. The van der Waals surface area contributed by atoms with Gasteiger partial charge in [-0.2, -0.15) is 11.3 Å². The molecule has 1 aromatic carbocycles. The molecule has 0 amide bonds. The van der Waals surface area contributed by atoms with E-state index < -0.39 is 6.10 Å². The number of aliphatic hydroxyl groups excluding tert-OH is 1. The topological polar surface area (TPSA) is 29.5 Å². The molecule has 2 aromatic rings. The molecule has 0 saturated heterocycles. The summed E-state index contributed by atoms with van der Waals surface area (Å²) >= 11 is 7.51. The van der Waals surface area contributed by atoms with Crippen molar-refractivity contribution in [2.45, 2.75) is 12.5 Å². The van der Waals surface area contributed by atoms with Gasteiger partial charge in [-0.25, -0.2) is 0 Å². The molecule has 0 aliphatic rings. The molecule has 2 rings (SSSR count). The number of halogens is 1. The van der Waals surface area contributed by atoms with E-state index in [0.717, 1.165) is 11.1 Å². The lowest BCUT2D eigenvalue weighted by Gasteiger charge is -2.14. The summed E-state index contributed by atoms with van der Waals surface area (Å²) < 4.78 is 5.22. The summed E-state index contributed by atoms with van der Waals surface area (Å²) in [7, 11) is 1.58. The van der Waals surface area contributed by atoms with Gasteiger partial charge in [0.05, 0.1) is 13.2 Å². The normalized spacial score (nSPS) is 12.4. The lowest BCUT2D eigenvalue weighted by atomic mass is 10.0. The van der Waals surface area contributed by atoms with Gasteiger partial charge in [0.15, 0.2) is 0 Å². The Balaban J connectivity index is 2.21. The molecular formula is C13H13ClO2S. The molecule has 90 valence electrons. The third-order valence-corrected chi connectivity index (χ3v) is 3.53. The van der Waals surface area contributed by atoms with E-state index in [1.807, 2.05) is 16.8 Å². The summed E-state index contributed by atoms with van der Waals surface area (Å²) in [6.45, 7) is 0. The van der Waals surface area contributed by atoms with E-state index in [-0.39, 0.29) is 0 Å². The summed E-state index contributed by atoms with van der Waals surface area (Å²) in [4.78, 5) is 0. The fourth-order valence-electron chi connectivity index (χ4n) is 1.70. The van der Waals surface area contributed by atoms with Gasteiger partial charge in [-0.05, 0) is 34.5 Å². The van der Waals surface area contributed by atoms with Gasteiger partial charge in [-0.15, -0.1) is 0 Å². The quantitative estimate of drug-likeness (QED) is 0.916. The van der Waals surface area contributed by atoms with Gasteiger partial charge in [0.1, 0.15) is 5.75 Å². The van der Waals surface area contributed by atoms with Crippen molar-refractivity contribution in [1.29, 1.82) is 0 Å². The summed E-state index contributed by atoms with van der Waals surface area (Å²) in [6.07, 6.45) is 0.0124. The Kier molecular flexibility index (Phi) is 4.05. The molecule has 1 unspecified atom stereocenters. The van der Waals surface area contributed by atoms with Crippen molar-refractivity contribution in [3.05, 3.63) is 51.2 Å². The van der Waals surface area contributed by atoms with Gasteiger partial charge in [-0.3, -0.25) is 0 Å². The SMILES string of the molecule is COc1cc(Cl)ccc1C(O)Cc1ccsc1. The van der Waals surface area contributed by atoms with Crippen molar-refractivity contribution in [2.75, 3.05) is 7.11 Å². The standard InChI is InChI=1S/C13H13ClO2S/c1-16-13-7-10(14)2-3-11(13)12(15)6-9-4-5-17-8-9/h2-5,7-8,12,15H,6H2,1H3. The Hall–Kier alpha value is -1.03. The molecular weight excluding hydrogens is 256 g/mol. The molecule has 2 nitrogen and oxygen atoms in total. The zero-order valence-electron chi connectivity index (χ0n) is 9.39. The number of methoxy groups -OCH3 is 1. The first-order chi connectivity index (χ1) is 8.20. The van der Waals surface area contributed by atoms with E-state index in [4.69, 9.17) is 16.3 Å². The van der Waals surface area contributed by atoms with Crippen molar-refractivity contribution in [3.63, 3.8) is 0 Å². The highest BCUT2D eigenvalue weighted by Gasteiger charge is 2.14. The van der Waals surface area contributed by atoms with Crippen LogP contribution >= 0.6 is 22.9 Å². The van der Waals surface area contributed by atoms with Crippen LogP contribution in [-0.2, 0) is 6.42 Å². The Bertz CT molecular complexity index is 482. The molecule has 1 N–H and O–H groups in total. The molecule has 0 radical (unpaired) electrons. The van der Waals surface area contributed by atoms with Crippen LogP contribution in [0.5, 0.6) is 5.75 Å². The zero-order valence-corrected chi connectivity index (χ0v) is 11.0. The predicted molar refractivity (Wildman–Crippen MR) is 71.0 cm³/mol. The molecule has 17 heavy (non-hydrogen) atoms. The minimum absolute atomic E-state index is 0.572. The highest BCUT2D eigenvalue weighted by molar-refractivity contribution is 7.07. The lowest BCUT2D eigenvalue weighted by Crippen LogP contribution is -2.03. The average molecular weight is 269 g/mol. The monoisotopic (exact) mass is 268 g/mol. The van der Waals surface area contributed by atoms with Crippen molar-refractivity contribution in [3.8, 4) is 5.75 Å². The van der Waals surface area contributed by atoms with Crippen LogP contribution in [0.2, 0.25) is 5.02 Å². The van der Waals surface area contributed by atoms with E-state index in [2.05, 4.69) is 0 Å². The van der Waals surface area contributed by atoms with E-state index in [9.17, 15) is 5.11 Å². The van der Waals surface area contributed by atoms with E-state index in [1.54, 1.807) is 36.6 Å². The van der Waals surface area contributed by atoms with Gasteiger partial charge in [-0.1, -0.05) is 17.7 Å². The molecule has 1 atom stereocenters. The Morgan fingerprint density at radius 1 is 1.41 bits per heavy atom. The third-order valence-electron chi connectivity index (χ3n) is 2.56. The van der Waals surface area contributed by atoms with Crippen LogP contribution < -0.4 is 4.74 Å². The smallest absolute Gasteiger partial charge is 0.126 e. The third kappa shape index (κ3) is 3.00. The first kappa shape index (κ1) is 12.4. The van der Waals surface area contributed by atoms with Gasteiger partial charge >= 0.3 is 0 Å². The summed E-state index contributed by atoms with van der Waals surface area (Å²) in [6, 6.07) is 7.29. The van der Waals surface area contributed by atoms with Crippen LogP contribution in [0, 0.1) is 0 Å². The van der Waals surface area contributed by atoms with Gasteiger partial charge < -0.3 is 9.84 Å². The Morgan fingerprint density at radius 2 is 2.24 bits per heavy atom. The number of benzene rings is 1. The van der Waals surface area contributed by atoms with E-state index in [0.29, 0.717) is 17.2 Å². The van der Waals surface area contributed by atoms with Crippen LogP contribution in [0.1, 0.15) is 17.2 Å². The number of aliphatic hydroxyl groups is 1. The highest BCUT2D eigenvalue weighted by Crippen LogP contribution is 2.30. The number of thiophene rings is 1. The number of hydrogen-bond acceptors (Lipinski definition) is 3. The lowest BCUT2D eigenvalue weighted by molar-refractivity contribution is 0.174. The second kappa shape index (κ2) is 5.54. The average Bonchev–Trinajstić information content (AvgIpc) is 2.81. The van der Waals surface area contributed by atoms with Gasteiger partial charge in [0, 0.05) is 17.0 Å². The summed E-state index contributed by atoms with van der Waals surface area (Å²) in [5.74, 6) is 0.625. The highest BCUT2D eigenvalue weighted by atomic mass is 35.5. The summed E-state index contributed by atoms with van der Waals surface area (Å²) in [5, 5.41) is 14.8. The maximum absolute atomic E-state index is 10.2. The molecule has 0 spiro atoms. The van der Waals surface area contributed by atoms with Crippen LogP contribution in [-0.4, -0.2) is 12.2 Å². The number of hydrogen-bond donors (Lipinski definition) is 1. The minimum atomic E-state index is -0.572. The maximum Gasteiger partial charge on any atom is 0.126 e. The molecule has 0 fully saturated rings. The fourth-order valence-corrected chi connectivity index (χ4v) is 2.55. The largest absolute Gasteiger partial charge is 0.496 e. The number of ether oxygens (including phenoxy) is 1. The molecule has 0 aliphatic carbocycles. The first-order valence-electron chi connectivity index (χ1n) is 5.23. The predicted octanol–water partition coefficient (Wildman–Crippen LogP) is 3.69. The minimum Gasteiger partial charge on any atom is -0.496 e. The van der Waals surface area contributed by atoms with Crippen molar-refractivity contribution in [2.24, 2.45) is 0 Å². The second-order valence-electron chi connectivity index (χ2n) is 3.74. The van der Waals surface area contributed by atoms with E-state index >= 15 is 0 Å². The maximum atomic E-state index is 10.2. The second-order valence-corrected chi connectivity index (χ2v) is 4.95. The van der Waals surface area contributed by atoms with Crippen molar-refractivity contribution >= 4 is 22.9 Å². The Labute approximate surface area is 109 Å². The Morgan fingerprint density at radius 3 is 2.88 bits per heavy atom. The van der Waals surface area contributed by atoms with E-state index in [1.165, 1.54) is 0 Å². The summed E-state index contributed by atoms with van der Waals surface area (Å²) in [5.41, 5.74) is 1.89. The molecule has 1 heterocycles. The molecule has 1 aromatic heterocycles.